The summed E-state index contributed by atoms with van der Waals surface area (Å²) >= 11 is 0. The second-order valence-electron chi connectivity index (χ2n) is 7.71. The van der Waals surface area contributed by atoms with Crippen LogP contribution >= 0.6 is 0 Å². The van der Waals surface area contributed by atoms with Gasteiger partial charge in [0.05, 0.1) is 13.1 Å². The van der Waals surface area contributed by atoms with Crippen molar-refractivity contribution in [2.45, 2.75) is 71.3 Å². The number of aromatic nitrogens is 1. The zero-order valence-corrected chi connectivity index (χ0v) is 15.1. The van der Waals surface area contributed by atoms with E-state index in [0.29, 0.717) is 24.9 Å². The Balaban J connectivity index is 1.44. The molecule has 2 aliphatic rings. The lowest BCUT2D eigenvalue weighted by molar-refractivity contribution is -0.131. The molecule has 1 aliphatic carbocycles. The highest BCUT2D eigenvalue weighted by atomic mass is 19.1. The first-order valence-electron chi connectivity index (χ1n) is 9.23. The highest BCUT2D eigenvalue weighted by Gasteiger charge is 2.33. The molecule has 1 N–H and O–H groups in total. The Hall–Kier alpha value is -1.36. The number of aryl methyl sites for hydroxylation is 2. The third-order valence-electron chi connectivity index (χ3n) is 5.79. The lowest BCUT2D eigenvalue weighted by Gasteiger charge is -2.22. The van der Waals surface area contributed by atoms with Crippen LogP contribution in [0.2, 0.25) is 0 Å². The molecule has 0 bridgehead atoms. The first-order chi connectivity index (χ1) is 11.4. The van der Waals surface area contributed by atoms with Crippen LogP contribution in [-0.4, -0.2) is 46.7 Å². The number of likely N-dealkylation sites (tertiary alicyclic amines) is 1. The Morgan fingerprint density at radius 3 is 2.58 bits per heavy atom. The van der Waals surface area contributed by atoms with Gasteiger partial charge in [-0.3, -0.25) is 4.79 Å². The third kappa shape index (κ3) is 3.82. The van der Waals surface area contributed by atoms with Crippen molar-refractivity contribution in [3.05, 3.63) is 23.5 Å². The monoisotopic (exact) mass is 335 g/mol. The molecule has 1 aromatic heterocycles. The van der Waals surface area contributed by atoms with Crippen molar-refractivity contribution in [3.63, 3.8) is 0 Å². The number of rotatable bonds is 5. The number of halogens is 1. The highest BCUT2D eigenvalue weighted by Crippen LogP contribution is 2.28. The Kier molecular flexibility index (Phi) is 5.28. The molecule has 0 unspecified atom stereocenters. The van der Waals surface area contributed by atoms with E-state index in [1.165, 1.54) is 17.8 Å². The maximum atomic E-state index is 13.4. The van der Waals surface area contributed by atoms with Crippen LogP contribution < -0.4 is 5.32 Å². The van der Waals surface area contributed by atoms with Gasteiger partial charge in [0.1, 0.15) is 6.17 Å². The number of hydrogen-bond donors (Lipinski definition) is 1. The fraction of sp³-hybridized carbons (Fsp3) is 0.737. The van der Waals surface area contributed by atoms with Crippen molar-refractivity contribution in [2.75, 3.05) is 13.1 Å². The molecule has 2 heterocycles. The van der Waals surface area contributed by atoms with Gasteiger partial charge in [-0.15, -0.1) is 0 Å². The predicted molar refractivity (Wildman–Crippen MR) is 93.7 cm³/mol. The quantitative estimate of drug-likeness (QED) is 0.898. The third-order valence-corrected chi connectivity index (χ3v) is 5.79. The maximum absolute atomic E-state index is 13.4. The van der Waals surface area contributed by atoms with Crippen molar-refractivity contribution in [3.8, 4) is 0 Å². The van der Waals surface area contributed by atoms with Gasteiger partial charge in [-0.1, -0.05) is 0 Å². The number of nitrogens with zero attached hydrogens (tertiary/aromatic N) is 2. The normalized spacial score (nSPS) is 30.2. The van der Waals surface area contributed by atoms with Crippen molar-refractivity contribution < 1.29 is 9.18 Å². The first-order valence-corrected chi connectivity index (χ1v) is 9.23. The summed E-state index contributed by atoms with van der Waals surface area (Å²) in [5.74, 6) is 0.714. The van der Waals surface area contributed by atoms with Gasteiger partial charge in [-0.25, -0.2) is 4.39 Å². The number of carbonyl (C=O) groups excluding carboxylic acids is 1. The fourth-order valence-electron chi connectivity index (χ4n) is 4.32. The summed E-state index contributed by atoms with van der Waals surface area (Å²) < 4.78 is 15.8. The molecule has 0 spiro atoms. The zero-order valence-electron chi connectivity index (χ0n) is 15.1. The van der Waals surface area contributed by atoms with Crippen LogP contribution in [0.25, 0.3) is 0 Å². The van der Waals surface area contributed by atoms with E-state index in [-0.39, 0.29) is 18.5 Å². The molecule has 1 saturated heterocycles. The van der Waals surface area contributed by atoms with E-state index < -0.39 is 6.17 Å². The Bertz CT molecular complexity index is 566. The Labute approximate surface area is 144 Å². The topological polar surface area (TPSA) is 37.3 Å². The summed E-state index contributed by atoms with van der Waals surface area (Å²) in [5.41, 5.74) is 2.64. The van der Waals surface area contributed by atoms with Crippen LogP contribution in [0.15, 0.2) is 12.1 Å². The number of amides is 1. The van der Waals surface area contributed by atoms with Crippen LogP contribution in [-0.2, 0) is 11.3 Å². The summed E-state index contributed by atoms with van der Waals surface area (Å²) in [7, 11) is 0. The SMILES string of the molecule is Cc1ccc(C)n1C[C@H]1CC[C@@H](NCC(=O)N2C[C@@H](F)C[C@H]2C)C1. The molecule has 0 radical (unpaired) electrons. The number of alkyl halides is 1. The predicted octanol–water partition coefficient (Wildman–Crippen LogP) is 2.82. The van der Waals surface area contributed by atoms with Crippen molar-refractivity contribution in [1.82, 2.24) is 14.8 Å². The molecule has 0 aromatic carbocycles. The molecular formula is C19H30FN3O. The summed E-state index contributed by atoms with van der Waals surface area (Å²) in [5, 5.41) is 3.41. The molecule has 1 aromatic rings. The minimum absolute atomic E-state index is 0.0327. The highest BCUT2D eigenvalue weighted by molar-refractivity contribution is 5.79. The van der Waals surface area contributed by atoms with Gasteiger partial charge in [-0.05, 0) is 58.1 Å². The molecule has 4 nitrogen and oxygen atoms in total. The van der Waals surface area contributed by atoms with Crippen LogP contribution in [0, 0.1) is 19.8 Å². The summed E-state index contributed by atoms with van der Waals surface area (Å²) in [6.07, 6.45) is 3.07. The Morgan fingerprint density at radius 2 is 1.96 bits per heavy atom. The summed E-state index contributed by atoms with van der Waals surface area (Å²) in [6.45, 7) is 7.93. The molecule has 24 heavy (non-hydrogen) atoms. The van der Waals surface area contributed by atoms with Gasteiger partial charge in [0.25, 0.3) is 0 Å². The fourth-order valence-corrected chi connectivity index (χ4v) is 4.32. The van der Waals surface area contributed by atoms with E-state index in [1.807, 2.05) is 6.92 Å². The summed E-state index contributed by atoms with van der Waals surface area (Å²) in [6, 6.07) is 4.79. The standard InChI is InChI=1S/C19H30FN3O/c1-13-4-5-14(2)22(13)11-16-6-7-18(9-16)21-10-19(24)23-12-17(20)8-15(23)3/h4-5,15-18,21H,6-12H2,1-3H3/t15-,16+,17+,18-/m1/s1. The smallest absolute Gasteiger partial charge is 0.236 e. The van der Waals surface area contributed by atoms with E-state index in [1.54, 1.807) is 4.90 Å². The second-order valence-corrected chi connectivity index (χ2v) is 7.71. The molecular weight excluding hydrogens is 305 g/mol. The minimum atomic E-state index is -0.854. The van der Waals surface area contributed by atoms with E-state index in [9.17, 15) is 9.18 Å². The zero-order chi connectivity index (χ0) is 17.3. The molecule has 4 atom stereocenters. The van der Waals surface area contributed by atoms with Gasteiger partial charge in [0.2, 0.25) is 5.91 Å². The van der Waals surface area contributed by atoms with Gasteiger partial charge >= 0.3 is 0 Å². The van der Waals surface area contributed by atoms with Crippen LogP contribution in [0.1, 0.15) is 44.0 Å². The first kappa shape index (κ1) is 17.5. The molecule has 1 amide bonds. The van der Waals surface area contributed by atoms with Gasteiger partial charge in [-0.2, -0.15) is 0 Å². The molecule has 3 rings (SSSR count). The van der Waals surface area contributed by atoms with Crippen LogP contribution in [0.4, 0.5) is 4.39 Å². The van der Waals surface area contributed by atoms with E-state index >= 15 is 0 Å². The average Bonchev–Trinajstić information content (AvgIpc) is 3.21. The number of hydrogen-bond acceptors (Lipinski definition) is 2. The Morgan fingerprint density at radius 1 is 1.25 bits per heavy atom. The lowest BCUT2D eigenvalue weighted by Crippen LogP contribution is -2.42. The van der Waals surface area contributed by atoms with Crippen molar-refractivity contribution in [1.29, 1.82) is 0 Å². The van der Waals surface area contributed by atoms with Gasteiger partial charge < -0.3 is 14.8 Å². The van der Waals surface area contributed by atoms with Crippen molar-refractivity contribution in [2.24, 2.45) is 5.92 Å². The molecule has 5 heteroatoms. The maximum Gasteiger partial charge on any atom is 0.236 e. The molecule has 2 fully saturated rings. The van der Waals surface area contributed by atoms with E-state index in [4.69, 9.17) is 0 Å². The van der Waals surface area contributed by atoms with Gasteiger partial charge in [0, 0.05) is 36.4 Å². The summed E-state index contributed by atoms with van der Waals surface area (Å²) in [4.78, 5) is 14.0. The minimum Gasteiger partial charge on any atom is -0.349 e. The van der Waals surface area contributed by atoms with Crippen LogP contribution in [0.5, 0.6) is 0 Å². The number of carbonyl (C=O) groups is 1. The molecule has 134 valence electrons. The van der Waals surface area contributed by atoms with E-state index in [2.05, 4.69) is 35.9 Å². The second kappa shape index (κ2) is 7.26. The molecule has 1 aliphatic heterocycles. The van der Waals surface area contributed by atoms with E-state index in [0.717, 1.165) is 19.4 Å². The molecule has 1 saturated carbocycles. The number of nitrogens with one attached hydrogen (secondary N) is 1. The van der Waals surface area contributed by atoms with Crippen LogP contribution in [0.3, 0.4) is 0 Å². The van der Waals surface area contributed by atoms with Gasteiger partial charge in [0.15, 0.2) is 0 Å². The lowest BCUT2D eigenvalue weighted by atomic mass is 10.1. The largest absolute Gasteiger partial charge is 0.349 e. The van der Waals surface area contributed by atoms with Crippen molar-refractivity contribution >= 4 is 5.91 Å². The average molecular weight is 335 g/mol.